The number of aromatic nitrogens is 1. The zero-order chi connectivity index (χ0) is 12.8. The quantitative estimate of drug-likeness (QED) is 0.827. The van der Waals surface area contributed by atoms with Gasteiger partial charge in [0, 0.05) is 24.7 Å². The topological polar surface area (TPSA) is 28.2 Å². The maximum Gasteiger partial charge on any atom is 0.141 e. The molecular weight excluding hydrogens is 217 g/mol. The predicted octanol–water partition coefficient (Wildman–Crippen LogP) is 2.56. The normalized spacial score (nSPS) is 10.9. The number of hydrogen-bond acceptors (Lipinski definition) is 3. The highest BCUT2D eigenvalue weighted by Gasteiger charge is 2.15. The number of halogens is 1. The van der Waals surface area contributed by atoms with Gasteiger partial charge in [-0.25, -0.2) is 9.37 Å². The van der Waals surface area contributed by atoms with Gasteiger partial charge in [0.2, 0.25) is 0 Å². The van der Waals surface area contributed by atoms with Crippen molar-refractivity contribution >= 4 is 5.82 Å². The molecule has 0 aliphatic carbocycles. The molecule has 0 bridgehead atoms. The van der Waals surface area contributed by atoms with Crippen LogP contribution in [0.2, 0.25) is 0 Å². The second-order valence-electron chi connectivity index (χ2n) is 4.45. The summed E-state index contributed by atoms with van der Waals surface area (Å²) in [4.78, 5) is 6.46. The lowest BCUT2D eigenvalue weighted by atomic mass is 10.2. The molecule has 0 aliphatic heterocycles. The highest BCUT2D eigenvalue weighted by atomic mass is 19.1. The molecule has 1 N–H and O–H groups in total. The molecule has 96 valence electrons. The van der Waals surface area contributed by atoms with Crippen LogP contribution < -0.4 is 10.2 Å². The summed E-state index contributed by atoms with van der Waals surface area (Å²) in [5, 5.41) is 3.05. The Bertz CT molecular complexity index is 353. The number of anilines is 1. The molecule has 0 spiro atoms. The molecule has 0 saturated carbocycles. The first-order chi connectivity index (χ1) is 8.10. The molecule has 1 rings (SSSR count). The Morgan fingerprint density at radius 3 is 2.71 bits per heavy atom. The Hall–Kier alpha value is -1.16. The largest absolute Gasteiger partial charge is 0.354 e. The smallest absolute Gasteiger partial charge is 0.141 e. The molecule has 0 aliphatic rings. The van der Waals surface area contributed by atoms with E-state index in [4.69, 9.17) is 0 Å². The van der Waals surface area contributed by atoms with E-state index >= 15 is 0 Å². The van der Waals surface area contributed by atoms with E-state index < -0.39 is 0 Å². The first-order valence-corrected chi connectivity index (χ1v) is 6.15. The van der Waals surface area contributed by atoms with Crippen molar-refractivity contribution in [2.24, 2.45) is 0 Å². The van der Waals surface area contributed by atoms with E-state index in [2.05, 4.69) is 36.0 Å². The monoisotopic (exact) mass is 239 g/mol. The Kier molecular flexibility index (Phi) is 5.35. The van der Waals surface area contributed by atoms with Crippen molar-refractivity contribution < 1.29 is 4.39 Å². The van der Waals surface area contributed by atoms with Gasteiger partial charge in [0.25, 0.3) is 0 Å². The SMILES string of the molecule is CCCN(c1ncc(F)cc1CNC)C(C)C. The molecule has 4 heteroatoms. The van der Waals surface area contributed by atoms with E-state index in [9.17, 15) is 4.39 Å². The third-order valence-corrected chi connectivity index (χ3v) is 2.64. The van der Waals surface area contributed by atoms with Crippen LogP contribution in [0.1, 0.15) is 32.8 Å². The minimum Gasteiger partial charge on any atom is -0.354 e. The lowest BCUT2D eigenvalue weighted by molar-refractivity contribution is 0.607. The molecule has 0 aromatic carbocycles. The van der Waals surface area contributed by atoms with Crippen LogP contribution in [0, 0.1) is 5.82 Å². The van der Waals surface area contributed by atoms with E-state index in [0.29, 0.717) is 12.6 Å². The Morgan fingerprint density at radius 2 is 2.18 bits per heavy atom. The van der Waals surface area contributed by atoms with Gasteiger partial charge in [0.15, 0.2) is 0 Å². The second kappa shape index (κ2) is 6.55. The fourth-order valence-corrected chi connectivity index (χ4v) is 1.90. The van der Waals surface area contributed by atoms with Crippen LogP contribution >= 0.6 is 0 Å². The zero-order valence-electron chi connectivity index (χ0n) is 11.1. The van der Waals surface area contributed by atoms with Gasteiger partial charge < -0.3 is 10.2 Å². The number of nitrogens with one attached hydrogen (secondary N) is 1. The van der Waals surface area contributed by atoms with Crippen molar-refractivity contribution in [1.82, 2.24) is 10.3 Å². The van der Waals surface area contributed by atoms with Gasteiger partial charge in [-0.2, -0.15) is 0 Å². The van der Waals surface area contributed by atoms with E-state index in [1.807, 2.05) is 7.05 Å². The maximum absolute atomic E-state index is 13.2. The van der Waals surface area contributed by atoms with Crippen LogP contribution in [-0.2, 0) is 6.54 Å². The molecule has 0 unspecified atom stereocenters. The van der Waals surface area contributed by atoms with Gasteiger partial charge in [-0.15, -0.1) is 0 Å². The fraction of sp³-hybridized carbons (Fsp3) is 0.615. The van der Waals surface area contributed by atoms with Crippen molar-refractivity contribution in [2.45, 2.75) is 39.8 Å². The zero-order valence-corrected chi connectivity index (χ0v) is 11.1. The third kappa shape index (κ3) is 3.66. The lowest BCUT2D eigenvalue weighted by Gasteiger charge is -2.29. The summed E-state index contributed by atoms with van der Waals surface area (Å²) in [6.45, 7) is 7.96. The third-order valence-electron chi connectivity index (χ3n) is 2.64. The summed E-state index contributed by atoms with van der Waals surface area (Å²) >= 11 is 0. The van der Waals surface area contributed by atoms with Crippen LogP contribution in [0.5, 0.6) is 0 Å². The van der Waals surface area contributed by atoms with Crippen molar-refractivity contribution in [3.63, 3.8) is 0 Å². The van der Waals surface area contributed by atoms with Crippen molar-refractivity contribution in [3.8, 4) is 0 Å². The lowest BCUT2D eigenvalue weighted by Crippen LogP contribution is -2.33. The molecule has 1 heterocycles. The Morgan fingerprint density at radius 1 is 1.47 bits per heavy atom. The molecule has 0 fully saturated rings. The van der Waals surface area contributed by atoms with Gasteiger partial charge in [-0.1, -0.05) is 6.92 Å². The van der Waals surface area contributed by atoms with E-state index in [0.717, 1.165) is 24.3 Å². The molecular formula is C13H22FN3. The number of rotatable bonds is 6. The van der Waals surface area contributed by atoms with Gasteiger partial charge in [0.1, 0.15) is 11.6 Å². The fourth-order valence-electron chi connectivity index (χ4n) is 1.90. The summed E-state index contributed by atoms with van der Waals surface area (Å²) in [5.74, 6) is 0.608. The maximum atomic E-state index is 13.2. The highest BCUT2D eigenvalue weighted by Crippen LogP contribution is 2.21. The molecule has 0 atom stereocenters. The molecule has 0 radical (unpaired) electrons. The van der Waals surface area contributed by atoms with Gasteiger partial charge in [-0.3, -0.25) is 0 Å². The summed E-state index contributed by atoms with van der Waals surface area (Å²) in [6.07, 6.45) is 2.34. The average molecular weight is 239 g/mol. The Balaban J connectivity index is 3.07. The second-order valence-corrected chi connectivity index (χ2v) is 4.45. The summed E-state index contributed by atoms with van der Waals surface area (Å²) in [7, 11) is 1.86. The molecule has 1 aromatic heterocycles. The van der Waals surface area contributed by atoms with Crippen molar-refractivity contribution in [3.05, 3.63) is 23.6 Å². The predicted molar refractivity (Wildman–Crippen MR) is 69.7 cm³/mol. The van der Waals surface area contributed by atoms with Gasteiger partial charge in [-0.05, 0) is 33.4 Å². The molecule has 0 saturated heterocycles. The van der Waals surface area contributed by atoms with Crippen LogP contribution in [0.15, 0.2) is 12.3 Å². The molecule has 1 aromatic rings. The molecule has 3 nitrogen and oxygen atoms in total. The molecule has 0 amide bonds. The van der Waals surface area contributed by atoms with E-state index in [-0.39, 0.29) is 5.82 Å². The number of nitrogens with zero attached hydrogens (tertiary/aromatic N) is 2. The minimum absolute atomic E-state index is 0.279. The van der Waals surface area contributed by atoms with Crippen LogP contribution in [0.25, 0.3) is 0 Å². The number of pyridine rings is 1. The average Bonchev–Trinajstić information content (AvgIpc) is 2.27. The highest BCUT2D eigenvalue weighted by molar-refractivity contribution is 5.47. The van der Waals surface area contributed by atoms with Crippen molar-refractivity contribution in [2.75, 3.05) is 18.5 Å². The van der Waals surface area contributed by atoms with Crippen molar-refractivity contribution in [1.29, 1.82) is 0 Å². The first kappa shape index (κ1) is 13.9. The van der Waals surface area contributed by atoms with E-state index in [1.165, 1.54) is 6.20 Å². The van der Waals surface area contributed by atoms with Crippen LogP contribution in [0.4, 0.5) is 10.2 Å². The summed E-state index contributed by atoms with van der Waals surface area (Å²) < 4.78 is 13.2. The standard InChI is InChI=1S/C13H22FN3/c1-5-6-17(10(2)3)13-11(8-15-4)7-12(14)9-16-13/h7,9-10,15H,5-6,8H2,1-4H3. The first-order valence-electron chi connectivity index (χ1n) is 6.15. The number of hydrogen-bond donors (Lipinski definition) is 1. The van der Waals surface area contributed by atoms with Crippen LogP contribution in [0.3, 0.4) is 0 Å². The summed E-state index contributed by atoms with van der Waals surface area (Å²) in [5.41, 5.74) is 0.912. The Labute approximate surface area is 103 Å². The van der Waals surface area contributed by atoms with Crippen LogP contribution in [-0.4, -0.2) is 24.6 Å². The van der Waals surface area contributed by atoms with Gasteiger partial charge in [0.05, 0.1) is 6.20 Å². The summed E-state index contributed by atoms with van der Waals surface area (Å²) in [6, 6.07) is 1.92. The van der Waals surface area contributed by atoms with E-state index in [1.54, 1.807) is 6.07 Å². The minimum atomic E-state index is -0.279. The van der Waals surface area contributed by atoms with Gasteiger partial charge >= 0.3 is 0 Å². The molecule has 17 heavy (non-hydrogen) atoms.